The summed E-state index contributed by atoms with van der Waals surface area (Å²) in [7, 11) is 6.02. The van der Waals surface area contributed by atoms with Crippen molar-refractivity contribution in [2.75, 3.05) is 67.6 Å². The summed E-state index contributed by atoms with van der Waals surface area (Å²) >= 11 is 3.50. The summed E-state index contributed by atoms with van der Waals surface area (Å²) in [5.74, 6) is 6.12. The number of benzene rings is 4. The Kier molecular flexibility index (Phi) is 15.4. The molecule has 2 amide bonds. The predicted molar refractivity (Wildman–Crippen MR) is 272 cm³/mol. The molecule has 6 heterocycles. The Hall–Kier alpha value is -6.86. The topological polar surface area (TPSA) is 176 Å². The average Bonchev–Trinajstić information content (AvgIpc) is 4.27. The van der Waals surface area contributed by atoms with Crippen molar-refractivity contribution in [2.24, 2.45) is 0 Å². The molecule has 2 N–H and O–H groups in total. The van der Waals surface area contributed by atoms with Crippen molar-refractivity contribution < 1.29 is 38.9 Å². The molecule has 4 aliphatic rings. The zero-order valence-electron chi connectivity index (χ0n) is 40.4. The van der Waals surface area contributed by atoms with Crippen LogP contribution in [0.5, 0.6) is 0 Å². The molecule has 368 valence electrons. The van der Waals surface area contributed by atoms with Gasteiger partial charge < -0.3 is 29.5 Å². The van der Waals surface area contributed by atoms with Gasteiger partial charge in [0, 0.05) is 73.9 Å². The molecule has 71 heavy (non-hydrogen) atoms. The second kappa shape index (κ2) is 21.6. The first-order valence-electron chi connectivity index (χ1n) is 23.6. The Labute approximate surface area is 421 Å². The first-order valence-corrected chi connectivity index (χ1v) is 24.4. The lowest BCUT2D eigenvalue weighted by Crippen LogP contribution is -2.37. The summed E-state index contributed by atoms with van der Waals surface area (Å²) in [4.78, 5) is 55.8. The number of carbonyl (C=O) groups excluding carboxylic acids is 4. The lowest BCUT2D eigenvalue weighted by molar-refractivity contribution is -0.138. The number of likely N-dealkylation sites (N-methyl/N-ethyl adjacent to an activating group) is 2. The van der Waals surface area contributed by atoms with Crippen LogP contribution in [0.4, 0.5) is 0 Å². The highest BCUT2D eigenvalue weighted by Gasteiger charge is 2.43. The number of aromatic nitrogens is 4. The van der Waals surface area contributed by atoms with Crippen molar-refractivity contribution in [1.82, 2.24) is 39.2 Å². The number of hydrogen-bond donors (Lipinski definition) is 2. The zero-order valence-corrected chi connectivity index (χ0v) is 41.9. The van der Waals surface area contributed by atoms with Crippen LogP contribution in [0.15, 0.2) is 89.4 Å². The number of halogens is 1. The zero-order chi connectivity index (χ0) is 50.5. The van der Waals surface area contributed by atoms with Crippen LogP contribution < -0.4 is 0 Å². The van der Waals surface area contributed by atoms with E-state index < -0.39 is 23.1 Å². The van der Waals surface area contributed by atoms with Gasteiger partial charge >= 0.3 is 11.9 Å². The summed E-state index contributed by atoms with van der Waals surface area (Å²) in [5.41, 5.74) is 3.68. The van der Waals surface area contributed by atoms with Gasteiger partial charge in [-0.1, -0.05) is 58.0 Å². The summed E-state index contributed by atoms with van der Waals surface area (Å²) in [6.07, 6.45) is 10.6. The fourth-order valence-electron chi connectivity index (χ4n) is 9.27. The first-order chi connectivity index (χ1) is 34.1. The molecule has 16 nitrogen and oxygen atoms in total. The number of methoxy groups -OCH3 is 2. The Morgan fingerprint density at radius 3 is 1.55 bits per heavy atom. The minimum absolute atomic E-state index is 0.260. The van der Waals surface area contributed by atoms with Crippen molar-refractivity contribution in [1.29, 1.82) is 0 Å². The van der Waals surface area contributed by atoms with E-state index in [0.29, 0.717) is 36.5 Å². The molecule has 4 saturated heterocycles. The molecule has 2 aromatic heterocycles. The Morgan fingerprint density at radius 2 is 1.13 bits per heavy atom. The number of aliphatic hydroxyl groups is 2. The van der Waals surface area contributed by atoms with E-state index in [-0.39, 0.29) is 23.9 Å². The Morgan fingerprint density at radius 1 is 0.662 bits per heavy atom. The van der Waals surface area contributed by atoms with Gasteiger partial charge in [0.05, 0.1) is 36.6 Å². The maximum atomic E-state index is 12.5. The van der Waals surface area contributed by atoms with E-state index in [1.165, 1.54) is 55.3 Å². The van der Waals surface area contributed by atoms with E-state index in [2.05, 4.69) is 71.9 Å². The molecular formula is C54H57BrN8O8. The molecule has 4 aromatic carbocycles. The van der Waals surface area contributed by atoms with Crippen molar-refractivity contribution in [2.45, 2.75) is 62.8 Å². The minimum atomic E-state index is -1.66. The molecule has 0 unspecified atom stereocenters. The third-order valence-corrected chi connectivity index (χ3v) is 13.8. The third-order valence-electron chi connectivity index (χ3n) is 13.3. The third kappa shape index (κ3) is 11.1. The van der Waals surface area contributed by atoms with Crippen LogP contribution in [0.3, 0.4) is 0 Å². The van der Waals surface area contributed by atoms with Crippen LogP contribution >= 0.6 is 15.9 Å². The normalized spacial score (nSPS) is 20.0. The lowest BCUT2D eigenvalue weighted by Gasteiger charge is -2.14. The minimum Gasteiger partial charge on any atom is -0.464 e. The fourth-order valence-corrected chi connectivity index (χ4v) is 9.66. The number of hydrogen-bond acceptors (Lipinski definition) is 12. The molecule has 0 bridgehead atoms. The smallest absolute Gasteiger partial charge is 0.359 e. The van der Waals surface area contributed by atoms with E-state index in [0.717, 1.165) is 76.8 Å². The van der Waals surface area contributed by atoms with Gasteiger partial charge in [0.2, 0.25) is 11.2 Å². The maximum Gasteiger partial charge on any atom is 0.359 e. The second-order valence-electron chi connectivity index (χ2n) is 18.3. The van der Waals surface area contributed by atoms with Crippen molar-refractivity contribution in [3.05, 3.63) is 117 Å². The summed E-state index contributed by atoms with van der Waals surface area (Å²) in [6.45, 7) is 7.21. The van der Waals surface area contributed by atoms with Gasteiger partial charge in [-0.2, -0.15) is 10.2 Å². The average molecular weight is 1030 g/mol. The molecule has 17 heteroatoms. The number of nitrogens with zero attached hydrogens (tertiary/aromatic N) is 8. The van der Waals surface area contributed by atoms with Crippen LogP contribution in [0, 0.1) is 24.2 Å². The molecule has 6 aromatic rings. The standard InChI is InChI=1S/C27H28N4O4.C20H20BrN3O2.C7H9NO2/c1-29-15-12-27(34,26(29)33)11-10-19-6-5-7-21(16-19)31-23-9-8-20(18-30-13-3-4-14-30)17-22(23)24(28-31)25(32)35-2;1-26-20(25)19-17-11-14(13-23-9-2-3-10-23)7-8-18(17)24(22-19)16-6-4-5-15(21)12-16;1-3-7(10)4-5-8(2)6(7)9/h5-9,16-17,34H,3-4,12-15,18H2,1-2H3;4-8,11-12H,2-3,9-10,13H2,1H3;1,10H,4-5H2,2H3/t27-;;7-/m0.0/s1. The lowest BCUT2D eigenvalue weighted by atomic mass is 10.0. The van der Waals surface area contributed by atoms with Crippen LogP contribution in [-0.4, -0.2) is 152 Å². The molecule has 0 radical (unpaired) electrons. The number of esters is 2. The molecule has 0 spiro atoms. The number of likely N-dealkylation sites (tertiary alicyclic amines) is 4. The highest BCUT2D eigenvalue weighted by atomic mass is 79.9. The van der Waals surface area contributed by atoms with Crippen LogP contribution in [0.25, 0.3) is 33.2 Å². The van der Waals surface area contributed by atoms with Crippen LogP contribution in [-0.2, 0) is 32.2 Å². The van der Waals surface area contributed by atoms with E-state index >= 15 is 0 Å². The predicted octanol–water partition coefficient (Wildman–Crippen LogP) is 5.74. The number of amides is 2. The number of fused-ring (bicyclic) bond motifs is 2. The highest BCUT2D eigenvalue weighted by molar-refractivity contribution is 9.10. The van der Waals surface area contributed by atoms with Gasteiger partial charge in [-0.3, -0.25) is 19.4 Å². The highest BCUT2D eigenvalue weighted by Crippen LogP contribution is 2.29. The SMILES string of the molecule is C#C[C@]1(O)CCN(C)C1=O.COC(=O)c1nn(-c2cccc(Br)c2)c2ccc(CN3CCCC3)cc12.COC(=O)c1nn(-c2cccc(C#C[C@]3(O)CCN(C)C3=O)c2)c2ccc(CN3CCCC3)cc12. The van der Waals surface area contributed by atoms with E-state index in [1.54, 1.807) is 23.5 Å². The van der Waals surface area contributed by atoms with Gasteiger partial charge in [-0.15, -0.1) is 6.42 Å². The number of ether oxygens (including phenoxy) is 2. The van der Waals surface area contributed by atoms with Gasteiger partial charge in [-0.05, 0) is 124 Å². The summed E-state index contributed by atoms with van der Waals surface area (Å²) in [5, 5.41) is 30.6. The molecule has 4 fully saturated rings. The van der Waals surface area contributed by atoms with Gasteiger partial charge in [0.1, 0.15) is 0 Å². The quantitative estimate of drug-likeness (QED) is 0.140. The van der Waals surface area contributed by atoms with Gasteiger partial charge in [0.25, 0.3) is 11.8 Å². The summed E-state index contributed by atoms with van der Waals surface area (Å²) < 4.78 is 14.4. The fraction of sp³-hybridized carbons (Fsp3) is 0.370. The largest absolute Gasteiger partial charge is 0.464 e. The maximum absolute atomic E-state index is 12.5. The van der Waals surface area contributed by atoms with Gasteiger partial charge in [-0.25, -0.2) is 19.0 Å². The Balaban J connectivity index is 0.000000164. The first kappa shape index (κ1) is 50.5. The number of carbonyl (C=O) groups is 4. The monoisotopic (exact) mass is 1020 g/mol. The molecule has 0 aliphatic carbocycles. The molecule has 0 saturated carbocycles. The van der Waals surface area contributed by atoms with Crippen LogP contribution in [0.1, 0.15) is 76.2 Å². The molecular weight excluding hydrogens is 969 g/mol. The molecule has 2 atom stereocenters. The number of rotatable bonds is 8. The van der Waals surface area contributed by atoms with E-state index in [1.807, 2.05) is 66.7 Å². The second-order valence-corrected chi connectivity index (χ2v) is 19.2. The van der Waals surface area contributed by atoms with Crippen molar-refractivity contribution in [3.63, 3.8) is 0 Å². The van der Waals surface area contributed by atoms with Crippen LogP contribution in [0.2, 0.25) is 0 Å². The van der Waals surface area contributed by atoms with E-state index in [9.17, 15) is 29.4 Å². The van der Waals surface area contributed by atoms with Gasteiger partial charge in [0.15, 0.2) is 11.4 Å². The number of terminal acetylenes is 1. The van der Waals surface area contributed by atoms with Crippen molar-refractivity contribution >= 4 is 61.5 Å². The van der Waals surface area contributed by atoms with E-state index in [4.69, 9.17) is 15.9 Å². The molecule has 4 aliphatic heterocycles. The van der Waals surface area contributed by atoms with Crippen molar-refractivity contribution in [3.8, 4) is 35.6 Å². The Bertz CT molecular complexity index is 3100. The molecule has 10 rings (SSSR count). The summed E-state index contributed by atoms with van der Waals surface area (Å²) in [6, 6.07) is 27.5.